The number of thioether (sulfide) groups is 1. The maximum atomic E-state index is 2.26. The van der Waals surface area contributed by atoms with E-state index in [2.05, 4.69) is 25.6 Å². The first-order chi connectivity index (χ1) is 4.41. The Labute approximate surface area is 63.4 Å². The van der Waals surface area contributed by atoms with Crippen molar-refractivity contribution in [3.63, 3.8) is 0 Å². The molecule has 56 valence electrons. The van der Waals surface area contributed by atoms with E-state index in [1.165, 1.54) is 37.2 Å². The summed E-state index contributed by atoms with van der Waals surface area (Å²) >= 11 is 2.06. The van der Waals surface area contributed by atoms with Crippen molar-refractivity contribution in [3.05, 3.63) is 0 Å². The predicted molar refractivity (Wildman–Crippen MR) is 47.1 cm³/mol. The maximum absolute atomic E-state index is 2.26. The number of hydrogen-bond donors (Lipinski definition) is 0. The molecule has 0 heterocycles. The lowest BCUT2D eigenvalue weighted by Crippen LogP contribution is -1.80. The summed E-state index contributed by atoms with van der Waals surface area (Å²) in [7, 11) is 0. The molecule has 0 rings (SSSR count). The Bertz CT molecular complexity index is 37.8. The van der Waals surface area contributed by atoms with Crippen LogP contribution in [0.15, 0.2) is 0 Å². The van der Waals surface area contributed by atoms with E-state index in [1.807, 2.05) is 0 Å². The first kappa shape index (κ1) is 9.35. The van der Waals surface area contributed by atoms with Crippen molar-refractivity contribution >= 4 is 11.8 Å². The van der Waals surface area contributed by atoms with Gasteiger partial charge in [0.25, 0.3) is 0 Å². The average Bonchev–Trinajstić information content (AvgIpc) is 1.89. The van der Waals surface area contributed by atoms with Gasteiger partial charge in [-0.25, -0.2) is 0 Å². The van der Waals surface area contributed by atoms with Crippen LogP contribution in [-0.2, 0) is 0 Å². The monoisotopic (exact) mass is 146 g/mol. The zero-order chi connectivity index (χ0) is 6.95. The summed E-state index contributed by atoms with van der Waals surface area (Å²) in [6.45, 7) is 4.48. The van der Waals surface area contributed by atoms with Crippen LogP contribution in [0.4, 0.5) is 0 Å². The highest BCUT2D eigenvalue weighted by Gasteiger charge is 1.85. The third-order valence-corrected chi connectivity index (χ3v) is 2.33. The lowest BCUT2D eigenvalue weighted by atomic mass is 10.2. The van der Waals surface area contributed by atoms with Gasteiger partial charge in [0.15, 0.2) is 0 Å². The van der Waals surface area contributed by atoms with E-state index in [4.69, 9.17) is 0 Å². The molecule has 0 saturated heterocycles. The van der Waals surface area contributed by atoms with Crippen LogP contribution < -0.4 is 0 Å². The summed E-state index contributed by atoms with van der Waals surface area (Å²) in [4.78, 5) is 0. The van der Waals surface area contributed by atoms with Gasteiger partial charge in [0.2, 0.25) is 0 Å². The molecule has 0 spiro atoms. The fourth-order valence-electron chi connectivity index (χ4n) is 0.775. The summed E-state index contributed by atoms with van der Waals surface area (Å²) in [5.41, 5.74) is 0. The van der Waals surface area contributed by atoms with E-state index in [9.17, 15) is 0 Å². The van der Waals surface area contributed by atoms with Crippen LogP contribution >= 0.6 is 11.8 Å². The first-order valence-electron chi connectivity index (χ1n) is 3.99. The van der Waals surface area contributed by atoms with Gasteiger partial charge in [-0.05, 0) is 17.9 Å². The Morgan fingerprint density at radius 2 is 1.78 bits per heavy atom. The van der Waals surface area contributed by atoms with Gasteiger partial charge in [0.05, 0.1) is 0 Å². The number of rotatable bonds is 6. The second kappa shape index (κ2) is 8.35. The normalized spacial score (nSPS) is 10.0. The summed E-state index contributed by atoms with van der Waals surface area (Å²) in [5, 5.41) is 0. The molecule has 0 aromatic rings. The Kier molecular flexibility index (Phi) is 8.67. The standard InChI is InChI=1S/C8H18S/c1-3-5-6-7-8-9-4-2/h3-8H2,1-2H3. The van der Waals surface area contributed by atoms with Crippen LogP contribution in [0.5, 0.6) is 0 Å². The lowest BCUT2D eigenvalue weighted by molar-refractivity contribution is 0.706. The van der Waals surface area contributed by atoms with E-state index in [0.29, 0.717) is 0 Å². The molecule has 9 heavy (non-hydrogen) atoms. The van der Waals surface area contributed by atoms with Gasteiger partial charge in [0, 0.05) is 0 Å². The summed E-state index contributed by atoms with van der Waals surface area (Å²) in [6.07, 6.45) is 5.64. The molecular formula is C8H18S. The molecular weight excluding hydrogens is 128 g/mol. The van der Waals surface area contributed by atoms with Crippen LogP contribution in [-0.4, -0.2) is 11.5 Å². The van der Waals surface area contributed by atoms with Crippen LogP contribution in [0.3, 0.4) is 0 Å². The van der Waals surface area contributed by atoms with Gasteiger partial charge in [-0.3, -0.25) is 0 Å². The van der Waals surface area contributed by atoms with Crippen molar-refractivity contribution in [2.75, 3.05) is 11.5 Å². The van der Waals surface area contributed by atoms with Crippen molar-refractivity contribution in [3.8, 4) is 0 Å². The van der Waals surface area contributed by atoms with Gasteiger partial charge >= 0.3 is 0 Å². The SMILES string of the molecule is CCCCCCSCC. The highest BCUT2D eigenvalue weighted by molar-refractivity contribution is 7.99. The minimum atomic E-state index is 1.28. The highest BCUT2D eigenvalue weighted by Crippen LogP contribution is 2.06. The van der Waals surface area contributed by atoms with Gasteiger partial charge in [-0.15, -0.1) is 0 Å². The third kappa shape index (κ3) is 8.35. The maximum Gasteiger partial charge on any atom is -0.00676 e. The molecule has 0 N–H and O–H groups in total. The second-order valence-electron chi connectivity index (χ2n) is 2.26. The van der Waals surface area contributed by atoms with Crippen LogP contribution in [0, 0.1) is 0 Å². The molecule has 0 aliphatic rings. The molecule has 0 amide bonds. The van der Waals surface area contributed by atoms with Gasteiger partial charge in [-0.2, -0.15) is 11.8 Å². The van der Waals surface area contributed by atoms with Crippen LogP contribution in [0.1, 0.15) is 39.5 Å². The fourth-order valence-corrected chi connectivity index (χ4v) is 1.47. The van der Waals surface area contributed by atoms with E-state index < -0.39 is 0 Å². The zero-order valence-corrected chi connectivity index (χ0v) is 7.47. The van der Waals surface area contributed by atoms with Crippen molar-refractivity contribution in [1.29, 1.82) is 0 Å². The van der Waals surface area contributed by atoms with Gasteiger partial charge in [-0.1, -0.05) is 33.1 Å². The number of unbranched alkanes of at least 4 members (excludes halogenated alkanes) is 3. The van der Waals surface area contributed by atoms with Crippen molar-refractivity contribution in [2.24, 2.45) is 0 Å². The second-order valence-corrected chi connectivity index (χ2v) is 3.65. The minimum Gasteiger partial charge on any atom is -0.162 e. The Morgan fingerprint density at radius 3 is 2.33 bits per heavy atom. The molecule has 0 aliphatic heterocycles. The molecule has 0 radical (unpaired) electrons. The predicted octanol–water partition coefficient (Wildman–Crippen LogP) is 3.32. The van der Waals surface area contributed by atoms with Crippen molar-refractivity contribution < 1.29 is 0 Å². The average molecular weight is 146 g/mol. The van der Waals surface area contributed by atoms with E-state index in [-0.39, 0.29) is 0 Å². The van der Waals surface area contributed by atoms with Gasteiger partial charge in [0.1, 0.15) is 0 Å². The topological polar surface area (TPSA) is 0 Å². The summed E-state index contributed by atoms with van der Waals surface area (Å²) in [6, 6.07) is 0. The Balaban J connectivity index is 2.60. The largest absolute Gasteiger partial charge is 0.162 e. The van der Waals surface area contributed by atoms with E-state index in [1.54, 1.807) is 0 Å². The van der Waals surface area contributed by atoms with E-state index >= 15 is 0 Å². The Morgan fingerprint density at radius 1 is 1.00 bits per heavy atom. The summed E-state index contributed by atoms with van der Waals surface area (Å²) in [5.74, 6) is 2.66. The summed E-state index contributed by atoms with van der Waals surface area (Å²) < 4.78 is 0. The molecule has 0 aliphatic carbocycles. The number of hydrogen-bond acceptors (Lipinski definition) is 1. The quantitative estimate of drug-likeness (QED) is 0.518. The van der Waals surface area contributed by atoms with Crippen molar-refractivity contribution in [2.45, 2.75) is 39.5 Å². The molecule has 1 heteroatoms. The molecule has 0 aromatic heterocycles. The lowest BCUT2D eigenvalue weighted by Gasteiger charge is -1.96. The molecule has 0 nitrogen and oxygen atoms in total. The first-order valence-corrected chi connectivity index (χ1v) is 5.15. The Hall–Kier alpha value is 0.350. The van der Waals surface area contributed by atoms with E-state index in [0.717, 1.165) is 0 Å². The fraction of sp³-hybridized carbons (Fsp3) is 1.00. The third-order valence-electron chi connectivity index (χ3n) is 1.35. The zero-order valence-electron chi connectivity index (χ0n) is 6.65. The molecule has 0 atom stereocenters. The van der Waals surface area contributed by atoms with Crippen molar-refractivity contribution in [1.82, 2.24) is 0 Å². The molecule has 0 aromatic carbocycles. The molecule has 0 unspecified atom stereocenters. The molecule has 0 saturated carbocycles. The van der Waals surface area contributed by atoms with Crippen LogP contribution in [0.2, 0.25) is 0 Å². The van der Waals surface area contributed by atoms with Gasteiger partial charge < -0.3 is 0 Å². The van der Waals surface area contributed by atoms with Crippen LogP contribution in [0.25, 0.3) is 0 Å². The smallest absolute Gasteiger partial charge is 0.00676 e. The molecule has 0 bridgehead atoms. The highest BCUT2D eigenvalue weighted by atomic mass is 32.2. The minimum absolute atomic E-state index is 1.28. The molecule has 0 fully saturated rings.